The summed E-state index contributed by atoms with van der Waals surface area (Å²) in [7, 11) is 0. The van der Waals surface area contributed by atoms with E-state index in [-0.39, 0.29) is 35.6 Å². The van der Waals surface area contributed by atoms with Gasteiger partial charge in [-0.2, -0.15) is 0 Å². The highest BCUT2D eigenvalue weighted by Crippen LogP contribution is 2.56. The highest BCUT2D eigenvalue weighted by atomic mass is 16.6. The Bertz CT molecular complexity index is 352. The molecule has 4 atom stereocenters. The van der Waals surface area contributed by atoms with E-state index in [0.29, 0.717) is 5.92 Å². The first-order chi connectivity index (χ1) is 7.24. The molecule has 3 heteroatoms. The van der Waals surface area contributed by atoms with Crippen LogP contribution in [0.2, 0.25) is 0 Å². The van der Waals surface area contributed by atoms with Crippen LogP contribution in [0.15, 0.2) is 24.8 Å². The lowest BCUT2D eigenvalue weighted by molar-refractivity contribution is -0.155. The minimum absolute atomic E-state index is 0.192. The Kier molecular flexibility index (Phi) is 1.67. The Morgan fingerprint density at radius 1 is 1.20 bits per heavy atom. The van der Waals surface area contributed by atoms with E-state index < -0.39 is 0 Å². The summed E-state index contributed by atoms with van der Waals surface area (Å²) in [5.74, 6) is -0.301. The average Bonchev–Trinajstić information content (AvgIpc) is 2.81. The van der Waals surface area contributed by atoms with E-state index >= 15 is 0 Å². The Labute approximate surface area is 87.8 Å². The van der Waals surface area contributed by atoms with Crippen LogP contribution in [-0.4, -0.2) is 11.9 Å². The number of carbonyl (C=O) groups excluding carboxylic acids is 2. The first kappa shape index (κ1) is 8.89. The largest absolute Gasteiger partial charge is 0.393 e. The van der Waals surface area contributed by atoms with Crippen molar-refractivity contribution in [3.8, 4) is 0 Å². The quantitative estimate of drug-likeness (QED) is 0.387. The van der Waals surface area contributed by atoms with E-state index in [2.05, 4.69) is 18.7 Å². The van der Waals surface area contributed by atoms with E-state index in [0.717, 1.165) is 6.42 Å². The minimum atomic E-state index is -0.323. The van der Waals surface area contributed by atoms with Crippen molar-refractivity contribution in [1.29, 1.82) is 0 Å². The van der Waals surface area contributed by atoms with Gasteiger partial charge in [-0.3, -0.25) is 9.59 Å². The summed E-state index contributed by atoms with van der Waals surface area (Å²) in [5, 5.41) is 0. The summed E-state index contributed by atoms with van der Waals surface area (Å²) >= 11 is 0. The molecule has 0 aromatic heterocycles. The highest BCUT2D eigenvalue weighted by molar-refractivity contribution is 5.98. The fourth-order valence-electron chi connectivity index (χ4n) is 3.40. The summed E-state index contributed by atoms with van der Waals surface area (Å²) in [6.07, 6.45) is 6.88. The fraction of sp³-hybridized carbons (Fsp3) is 0.500. The van der Waals surface area contributed by atoms with E-state index in [4.69, 9.17) is 4.74 Å². The zero-order valence-corrected chi connectivity index (χ0v) is 8.26. The normalized spacial score (nSPS) is 45.7. The standard InChI is InChI=1S/C12H12O3/c1-2-3-6-7-4-5-8(6)10-9(7)11(13)15-12(10)14/h2,4-10H,1,3H2. The molecule has 15 heavy (non-hydrogen) atoms. The number of fused-ring (bicyclic) bond motifs is 5. The summed E-state index contributed by atoms with van der Waals surface area (Å²) in [6.45, 7) is 3.72. The van der Waals surface area contributed by atoms with Crippen molar-refractivity contribution in [2.75, 3.05) is 0 Å². The van der Waals surface area contributed by atoms with Gasteiger partial charge in [-0.1, -0.05) is 18.2 Å². The molecule has 1 heterocycles. The van der Waals surface area contributed by atoms with E-state index in [1.54, 1.807) is 0 Å². The molecule has 3 nitrogen and oxygen atoms in total. The van der Waals surface area contributed by atoms with E-state index in [9.17, 15) is 9.59 Å². The molecule has 1 saturated heterocycles. The van der Waals surface area contributed by atoms with Crippen molar-refractivity contribution in [2.45, 2.75) is 6.42 Å². The number of ether oxygens (including phenoxy) is 1. The molecule has 1 saturated carbocycles. The first-order valence-corrected chi connectivity index (χ1v) is 5.29. The zero-order valence-electron chi connectivity index (χ0n) is 8.26. The maximum Gasteiger partial charge on any atom is 0.318 e. The third-order valence-corrected chi connectivity index (χ3v) is 3.94. The van der Waals surface area contributed by atoms with Gasteiger partial charge in [-0.25, -0.2) is 0 Å². The number of hydrogen-bond donors (Lipinski definition) is 0. The maximum absolute atomic E-state index is 11.5. The van der Waals surface area contributed by atoms with Gasteiger partial charge < -0.3 is 4.74 Å². The predicted octanol–water partition coefficient (Wildman–Crippen LogP) is 1.31. The van der Waals surface area contributed by atoms with Gasteiger partial charge in [0.1, 0.15) is 0 Å². The van der Waals surface area contributed by atoms with Crippen molar-refractivity contribution in [1.82, 2.24) is 0 Å². The van der Waals surface area contributed by atoms with Crippen LogP contribution in [-0.2, 0) is 14.3 Å². The van der Waals surface area contributed by atoms with Gasteiger partial charge in [0, 0.05) is 0 Å². The fourth-order valence-corrected chi connectivity index (χ4v) is 3.40. The van der Waals surface area contributed by atoms with Crippen LogP contribution in [0.5, 0.6) is 0 Å². The number of hydrogen-bond acceptors (Lipinski definition) is 3. The average molecular weight is 204 g/mol. The molecule has 2 fully saturated rings. The summed E-state index contributed by atoms with van der Waals surface area (Å²) in [4.78, 5) is 23.0. The van der Waals surface area contributed by atoms with Crippen molar-refractivity contribution in [3.05, 3.63) is 24.8 Å². The number of carbonyl (C=O) groups is 2. The summed E-state index contributed by atoms with van der Waals surface area (Å²) < 4.78 is 4.69. The smallest absolute Gasteiger partial charge is 0.318 e. The third kappa shape index (κ3) is 0.954. The van der Waals surface area contributed by atoms with Crippen LogP contribution in [0.25, 0.3) is 0 Å². The predicted molar refractivity (Wildman–Crippen MR) is 52.5 cm³/mol. The zero-order chi connectivity index (χ0) is 10.6. The van der Waals surface area contributed by atoms with Gasteiger partial charge in [0.25, 0.3) is 0 Å². The molecule has 2 bridgehead atoms. The first-order valence-electron chi connectivity index (χ1n) is 5.29. The Balaban J connectivity index is 1.98. The van der Waals surface area contributed by atoms with Crippen molar-refractivity contribution >= 4 is 11.9 Å². The van der Waals surface area contributed by atoms with Gasteiger partial charge in [-0.15, -0.1) is 6.58 Å². The van der Waals surface area contributed by atoms with Gasteiger partial charge in [0.05, 0.1) is 11.8 Å². The molecule has 0 radical (unpaired) electrons. The topological polar surface area (TPSA) is 43.4 Å². The Morgan fingerprint density at radius 3 is 2.20 bits per heavy atom. The number of allylic oxidation sites excluding steroid dienone is 3. The van der Waals surface area contributed by atoms with Crippen molar-refractivity contribution in [2.24, 2.45) is 29.6 Å². The molecule has 2 aliphatic carbocycles. The molecule has 0 aromatic carbocycles. The maximum atomic E-state index is 11.5. The molecule has 0 amide bonds. The monoisotopic (exact) mass is 204 g/mol. The Hall–Kier alpha value is -1.38. The molecule has 1 aliphatic heterocycles. The van der Waals surface area contributed by atoms with E-state index in [1.807, 2.05) is 6.08 Å². The molecular weight excluding hydrogens is 192 g/mol. The molecule has 4 unspecified atom stereocenters. The molecular formula is C12H12O3. The molecule has 3 rings (SSSR count). The third-order valence-electron chi connectivity index (χ3n) is 3.94. The van der Waals surface area contributed by atoms with E-state index in [1.165, 1.54) is 0 Å². The molecule has 0 N–H and O–H groups in total. The summed E-state index contributed by atoms with van der Waals surface area (Å²) in [5.41, 5.74) is 0. The van der Waals surface area contributed by atoms with Crippen LogP contribution < -0.4 is 0 Å². The lowest BCUT2D eigenvalue weighted by Gasteiger charge is -2.15. The van der Waals surface area contributed by atoms with Crippen molar-refractivity contribution < 1.29 is 14.3 Å². The highest BCUT2D eigenvalue weighted by Gasteiger charge is 2.61. The number of rotatable bonds is 2. The SMILES string of the molecule is C=CCC1C2C=CC1C1C(=O)OC(=O)C21. The molecule has 0 aromatic rings. The molecule has 78 valence electrons. The summed E-state index contributed by atoms with van der Waals surface area (Å²) in [6, 6.07) is 0. The number of esters is 2. The second kappa shape index (κ2) is 2.81. The van der Waals surface area contributed by atoms with Crippen molar-refractivity contribution in [3.63, 3.8) is 0 Å². The number of cyclic esters (lactones) is 2. The Morgan fingerprint density at radius 2 is 1.73 bits per heavy atom. The van der Waals surface area contributed by atoms with Gasteiger partial charge in [-0.05, 0) is 24.2 Å². The van der Waals surface area contributed by atoms with Crippen LogP contribution in [0.3, 0.4) is 0 Å². The second-order valence-electron chi connectivity index (χ2n) is 4.52. The van der Waals surface area contributed by atoms with Gasteiger partial charge in [0.2, 0.25) is 0 Å². The van der Waals surface area contributed by atoms with Crippen LogP contribution in [0, 0.1) is 29.6 Å². The minimum Gasteiger partial charge on any atom is -0.393 e. The lowest BCUT2D eigenvalue weighted by Crippen LogP contribution is -2.21. The van der Waals surface area contributed by atoms with Gasteiger partial charge in [0.15, 0.2) is 0 Å². The lowest BCUT2D eigenvalue weighted by atomic mass is 9.85. The van der Waals surface area contributed by atoms with Crippen LogP contribution in [0.1, 0.15) is 6.42 Å². The van der Waals surface area contributed by atoms with Crippen LogP contribution >= 0.6 is 0 Å². The second-order valence-corrected chi connectivity index (χ2v) is 4.52. The van der Waals surface area contributed by atoms with Crippen LogP contribution in [0.4, 0.5) is 0 Å². The van der Waals surface area contributed by atoms with Gasteiger partial charge >= 0.3 is 11.9 Å². The molecule has 3 aliphatic rings. The molecule has 0 spiro atoms.